The third kappa shape index (κ3) is 2.32. The Morgan fingerprint density at radius 3 is 2.71 bits per heavy atom. The van der Waals surface area contributed by atoms with E-state index in [-0.39, 0.29) is 5.69 Å². The molecule has 1 aliphatic heterocycles. The number of anilines is 1. The van der Waals surface area contributed by atoms with Crippen LogP contribution >= 0.6 is 0 Å². The number of hydrogen-bond acceptors (Lipinski definition) is 4. The van der Waals surface area contributed by atoms with E-state index in [4.69, 9.17) is 5.10 Å². The molecule has 1 N–H and O–H groups in total. The summed E-state index contributed by atoms with van der Waals surface area (Å²) in [5, 5.41) is 19.0. The van der Waals surface area contributed by atoms with Gasteiger partial charge in [0.15, 0.2) is 0 Å². The van der Waals surface area contributed by atoms with Crippen molar-refractivity contribution in [2.45, 2.75) is 13.3 Å². The lowest BCUT2D eigenvalue weighted by Gasteiger charge is -2.06. The lowest BCUT2D eigenvalue weighted by atomic mass is 10.0. The van der Waals surface area contributed by atoms with Crippen LogP contribution in [0, 0.1) is 17.0 Å². The predicted octanol–water partition coefficient (Wildman–Crippen LogP) is 3.72. The number of non-ortho nitro benzene ring substituents is 1. The minimum Gasteiger partial charge on any atom is -0.369 e. The average Bonchev–Trinajstić information content (AvgIpc) is 3.17. The second-order valence-electron chi connectivity index (χ2n) is 5.91. The molecule has 0 fully saturated rings. The number of aryl methyl sites for hydroxylation is 1. The Bertz CT molecular complexity index is 929. The number of fused-ring (bicyclic) bond motifs is 1. The maximum Gasteiger partial charge on any atom is 0.269 e. The molecule has 0 atom stereocenters. The third-order valence-corrected chi connectivity index (χ3v) is 4.25. The molecule has 2 heterocycles. The van der Waals surface area contributed by atoms with Crippen LogP contribution in [0.1, 0.15) is 11.1 Å². The number of nitrogens with zero attached hydrogens (tertiary/aromatic N) is 3. The van der Waals surface area contributed by atoms with Crippen molar-refractivity contribution in [1.29, 1.82) is 0 Å². The van der Waals surface area contributed by atoms with Crippen molar-refractivity contribution < 1.29 is 4.92 Å². The Balaban J connectivity index is 1.83. The average molecular weight is 320 g/mol. The number of benzene rings is 2. The van der Waals surface area contributed by atoms with Gasteiger partial charge in [-0.1, -0.05) is 23.8 Å². The maximum atomic E-state index is 10.8. The van der Waals surface area contributed by atoms with Gasteiger partial charge in [-0.3, -0.25) is 10.1 Å². The fourth-order valence-electron chi connectivity index (χ4n) is 3.10. The summed E-state index contributed by atoms with van der Waals surface area (Å²) in [4.78, 5) is 10.4. The third-order valence-electron chi connectivity index (χ3n) is 4.25. The Morgan fingerprint density at radius 2 is 2.00 bits per heavy atom. The van der Waals surface area contributed by atoms with E-state index in [1.807, 2.05) is 10.7 Å². The van der Waals surface area contributed by atoms with E-state index in [0.717, 1.165) is 35.7 Å². The van der Waals surface area contributed by atoms with E-state index < -0.39 is 4.92 Å². The number of nitro groups is 1. The zero-order chi connectivity index (χ0) is 16.7. The van der Waals surface area contributed by atoms with Gasteiger partial charge in [-0.2, -0.15) is 5.10 Å². The smallest absolute Gasteiger partial charge is 0.269 e. The van der Waals surface area contributed by atoms with Crippen molar-refractivity contribution in [1.82, 2.24) is 9.78 Å². The van der Waals surface area contributed by atoms with Gasteiger partial charge in [-0.15, -0.1) is 0 Å². The van der Waals surface area contributed by atoms with Gasteiger partial charge in [0.25, 0.3) is 5.69 Å². The number of nitrogens with one attached hydrogen (secondary N) is 1. The van der Waals surface area contributed by atoms with Crippen LogP contribution in [0.2, 0.25) is 0 Å². The zero-order valence-electron chi connectivity index (χ0n) is 13.2. The zero-order valence-corrected chi connectivity index (χ0v) is 13.2. The van der Waals surface area contributed by atoms with E-state index >= 15 is 0 Å². The normalized spacial score (nSPS) is 12.7. The molecule has 0 radical (unpaired) electrons. The fourth-order valence-corrected chi connectivity index (χ4v) is 3.10. The van der Waals surface area contributed by atoms with Gasteiger partial charge in [0.05, 0.1) is 16.3 Å². The Morgan fingerprint density at radius 1 is 1.21 bits per heavy atom. The van der Waals surface area contributed by atoms with E-state index in [2.05, 4.69) is 30.4 Å². The number of rotatable bonds is 3. The predicted molar refractivity (Wildman–Crippen MR) is 92.6 cm³/mol. The molecule has 0 saturated carbocycles. The largest absolute Gasteiger partial charge is 0.369 e. The molecular formula is C18H16N4O2. The highest BCUT2D eigenvalue weighted by atomic mass is 16.6. The van der Waals surface area contributed by atoms with Gasteiger partial charge < -0.3 is 5.32 Å². The van der Waals surface area contributed by atoms with Crippen molar-refractivity contribution in [2.24, 2.45) is 0 Å². The van der Waals surface area contributed by atoms with E-state index in [1.54, 1.807) is 12.1 Å². The molecule has 1 aliphatic rings. The monoisotopic (exact) mass is 320 g/mol. The van der Waals surface area contributed by atoms with Crippen molar-refractivity contribution >= 4 is 11.5 Å². The Kier molecular flexibility index (Phi) is 3.30. The van der Waals surface area contributed by atoms with Gasteiger partial charge in [-0.05, 0) is 31.5 Å². The van der Waals surface area contributed by atoms with E-state index in [0.29, 0.717) is 0 Å². The van der Waals surface area contributed by atoms with Crippen molar-refractivity contribution in [3.05, 3.63) is 69.8 Å². The molecule has 120 valence electrons. The first-order valence-corrected chi connectivity index (χ1v) is 7.81. The SMILES string of the molecule is Cc1cccc(-c2nn(-c3ccc([N+](=O)[O-])cc3)c3c2CCN3)c1. The highest BCUT2D eigenvalue weighted by Gasteiger charge is 2.24. The Hall–Kier alpha value is -3.15. The standard InChI is InChI=1S/C18H16N4O2/c1-12-3-2-4-13(11-12)17-16-9-10-19-18(16)21(20-17)14-5-7-15(8-6-14)22(23)24/h2-8,11,19H,9-10H2,1H3. The molecule has 0 saturated heterocycles. The summed E-state index contributed by atoms with van der Waals surface area (Å²) in [5.74, 6) is 0.973. The summed E-state index contributed by atoms with van der Waals surface area (Å²) >= 11 is 0. The van der Waals surface area contributed by atoms with Crippen molar-refractivity contribution in [3.8, 4) is 16.9 Å². The van der Waals surface area contributed by atoms with Crippen LogP contribution < -0.4 is 5.32 Å². The summed E-state index contributed by atoms with van der Waals surface area (Å²) in [7, 11) is 0. The molecular weight excluding hydrogens is 304 g/mol. The second kappa shape index (κ2) is 5.49. The van der Waals surface area contributed by atoms with Gasteiger partial charge in [0, 0.05) is 29.8 Å². The topological polar surface area (TPSA) is 73.0 Å². The van der Waals surface area contributed by atoms with E-state index in [9.17, 15) is 10.1 Å². The van der Waals surface area contributed by atoms with Gasteiger partial charge in [0.1, 0.15) is 5.82 Å². The summed E-state index contributed by atoms with van der Waals surface area (Å²) < 4.78 is 1.84. The Labute approximate surface area is 138 Å². The van der Waals surface area contributed by atoms with Crippen LogP contribution in [0.25, 0.3) is 16.9 Å². The molecule has 3 aromatic rings. The molecule has 4 rings (SSSR count). The quantitative estimate of drug-likeness (QED) is 0.589. The maximum absolute atomic E-state index is 10.8. The summed E-state index contributed by atoms with van der Waals surface area (Å²) in [6.45, 7) is 2.94. The lowest BCUT2D eigenvalue weighted by molar-refractivity contribution is -0.384. The fraction of sp³-hybridized carbons (Fsp3) is 0.167. The van der Waals surface area contributed by atoms with Gasteiger partial charge in [0.2, 0.25) is 0 Å². The molecule has 1 aromatic heterocycles. The molecule has 0 aliphatic carbocycles. The molecule has 0 amide bonds. The van der Waals surface area contributed by atoms with E-state index in [1.165, 1.54) is 23.3 Å². The highest BCUT2D eigenvalue weighted by molar-refractivity contribution is 5.73. The van der Waals surface area contributed by atoms with Crippen LogP contribution in [0.5, 0.6) is 0 Å². The first-order valence-electron chi connectivity index (χ1n) is 7.81. The lowest BCUT2D eigenvalue weighted by Crippen LogP contribution is -2.04. The minimum atomic E-state index is -0.395. The molecule has 0 bridgehead atoms. The van der Waals surface area contributed by atoms with Crippen LogP contribution in [0.15, 0.2) is 48.5 Å². The molecule has 2 aromatic carbocycles. The molecule has 0 spiro atoms. The number of hydrogen-bond donors (Lipinski definition) is 1. The van der Waals surface area contributed by atoms with Crippen LogP contribution in [0.4, 0.5) is 11.5 Å². The highest BCUT2D eigenvalue weighted by Crippen LogP contribution is 2.35. The van der Waals surface area contributed by atoms with Crippen molar-refractivity contribution in [2.75, 3.05) is 11.9 Å². The summed E-state index contributed by atoms with van der Waals surface area (Å²) in [6, 6.07) is 14.8. The molecule has 6 nitrogen and oxygen atoms in total. The molecule has 6 heteroatoms. The van der Waals surface area contributed by atoms with Crippen LogP contribution in [-0.4, -0.2) is 21.2 Å². The van der Waals surface area contributed by atoms with Crippen LogP contribution in [0.3, 0.4) is 0 Å². The van der Waals surface area contributed by atoms with Gasteiger partial charge >= 0.3 is 0 Å². The van der Waals surface area contributed by atoms with Crippen molar-refractivity contribution in [3.63, 3.8) is 0 Å². The molecule has 24 heavy (non-hydrogen) atoms. The summed E-state index contributed by atoms with van der Waals surface area (Å²) in [6.07, 6.45) is 0.922. The first-order chi connectivity index (χ1) is 11.6. The first kappa shape index (κ1) is 14.4. The second-order valence-corrected chi connectivity index (χ2v) is 5.91. The number of aromatic nitrogens is 2. The summed E-state index contributed by atoms with van der Waals surface area (Å²) in [5.41, 5.74) is 5.34. The number of nitro benzene ring substituents is 1. The van der Waals surface area contributed by atoms with Gasteiger partial charge in [-0.25, -0.2) is 4.68 Å². The molecule has 0 unspecified atom stereocenters. The van der Waals surface area contributed by atoms with Crippen LogP contribution in [-0.2, 0) is 6.42 Å². The minimum absolute atomic E-state index is 0.0782.